The summed E-state index contributed by atoms with van der Waals surface area (Å²) in [5, 5.41) is 2.98. The lowest BCUT2D eigenvalue weighted by Crippen LogP contribution is -2.36. The van der Waals surface area contributed by atoms with Crippen molar-refractivity contribution in [1.29, 1.82) is 0 Å². The zero-order valence-corrected chi connectivity index (χ0v) is 15.2. The topological polar surface area (TPSA) is 62.6 Å². The van der Waals surface area contributed by atoms with Crippen molar-refractivity contribution in [2.24, 2.45) is 0 Å². The molecule has 1 fully saturated rings. The van der Waals surface area contributed by atoms with Gasteiger partial charge in [0.2, 0.25) is 5.91 Å². The van der Waals surface area contributed by atoms with Gasteiger partial charge in [0.1, 0.15) is 5.76 Å². The number of carbonyl (C=O) groups excluding carboxylic acids is 2. The number of hydrogen-bond donors (Lipinski definition) is 1. The molecule has 5 heteroatoms. The second kappa shape index (κ2) is 8.81. The van der Waals surface area contributed by atoms with E-state index in [1.165, 1.54) is 12.8 Å². The van der Waals surface area contributed by atoms with Crippen molar-refractivity contribution < 1.29 is 14.0 Å². The van der Waals surface area contributed by atoms with Gasteiger partial charge in [0.15, 0.2) is 5.78 Å². The van der Waals surface area contributed by atoms with Crippen molar-refractivity contribution in [3.05, 3.63) is 59.5 Å². The molecule has 0 bridgehead atoms. The number of nitrogens with one attached hydrogen (secondary N) is 1. The van der Waals surface area contributed by atoms with Gasteiger partial charge in [0, 0.05) is 24.9 Å². The molecule has 1 aromatic carbocycles. The summed E-state index contributed by atoms with van der Waals surface area (Å²) < 4.78 is 5.56. The van der Waals surface area contributed by atoms with Crippen LogP contribution >= 0.6 is 0 Å². The number of carbonyl (C=O) groups is 2. The first kappa shape index (κ1) is 18.4. The molecule has 0 aliphatic carbocycles. The Kier molecular flexibility index (Phi) is 6.23. The number of nitrogens with zero attached hydrogens (tertiary/aromatic N) is 1. The van der Waals surface area contributed by atoms with Crippen LogP contribution in [-0.2, 0) is 4.79 Å². The first-order chi connectivity index (χ1) is 12.6. The zero-order valence-electron chi connectivity index (χ0n) is 15.2. The lowest BCUT2D eigenvalue weighted by atomic mass is 10.0. The van der Waals surface area contributed by atoms with Crippen molar-refractivity contribution >= 4 is 11.7 Å². The summed E-state index contributed by atoms with van der Waals surface area (Å²) in [5.74, 6) is 0.797. The highest BCUT2D eigenvalue weighted by atomic mass is 16.3. The van der Waals surface area contributed by atoms with Crippen LogP contribution in [0.4, 0.5) is 0 Å². The summed E-state index contributed by atoms with van der Waals surface area (Å²) in [6.07, 6.45) is 4.46. The predicted octanol–water partition coefficient (Wildman–Crippen LogP) is 3.50. The van der Waals surface area contributed by atoms with Crippen molar-refractivity contribution in [3.8, 4) is 0 Å². The third-order valence-corrected chi connectivity index (χ3v) is 4.97. The first-order valence-corrected chi connectivity index (χ1v) is 9.28. The molecular weight excluding hydrogens is 328 g/mol. The van der Waals surface area contributed by atoms with Gasteiger partial charge < -0.3 is 9.73 Å². The molecule has 1 amide bonds. The van der Waals surface area contributed by atoms with Crippen LogP contribution in [0, 0.1) is 6.92 Å². The fourth-order valence-electron chi connectivity index (χ4n) is 3.49. The zero-order chi connectivity index (χ0) is 18.4. The molecule has 26 heavy (non-hydrogen) atoms. The molecule has 1 aromatic heterocycles. The fraction of sp³-hybridized carbons (Fsp3) is 0.429. The van der Waals surface area contributed by atoms with E-state index in [-0.39, 0.29) is 30.6 Å². The highest BCUT2D eigenvalue weighted by molar-refractivity contribution is 5.99. The molecule has 0 spiro atoms. The Balaban J connectivity index is 1.51. The molecular formula is C21H26N2O3. The summed E-state index contributed by atoms with van der Waals surface area (Å²) >= 11 is 0. The lowest BCUT2D eigenvalue weighted by molar-refractivity contribution is -0.121. The summed E-state index contributed by atoms with van der Waals surface area (Å²) in [4.78, 5) is 26.9. The second-order valence-electron chi connectivity index (χ2n) is 6.82. The minimum absolute atomic E-state index is 0.0142. The van der Waals surface area contributed by atoms with Crippen molar-refractivity contribution in [3.63, 3.8) is 0 Å². The molecule has 1 atom stereocenters. The van der Waals surface area contributed by atoms with Crippen LogP contribution in [0.5, 0.6) is 0 Å². The van der Waals surface area contributed by atoms with Gasteiger partial charge in [-0.15, -0.1) is 0 Å². The average molecular weight is 354 g/mol. The third-order valence-electron chi connectivity index (χ3n) is 4.97. The minimum Gasteiger partial charge on any atom is -0.468 e. The van der Waals surface area contributed by atoms with Crippen LogP contribution in [0.1, 0.15) is 53.4 Å². The number of ketones is 1. The molecule has 1 N–H and O–H groups in total. The second-order valence-corrected chi connectivity index (χ2v) is 6.82. The molecule has 1 saturated heterocycles. The van der Waals surface area contributed by atoms with E-state index in [9.17, 15) is 9.59 Å². The van der Waals surface area contributed by atoms with Gasteiger partial charge >= 0.3 is 0 Å². The number of aryl methyl sites for hydroxylation is 1. The number of benzene rings is 1. The Morgan fingerprint density at radius 3 is 2.58 bits per heavy atom. The number of amides is 1. The van der Waals surface area contributed by atoms with E-state index in [1.54, 1.807) is 6.26 Å². The minimum atomic E-state index is -0.0947. The van der Waals surface area contributed by atoms with Crippen molar-refractivity contribution in [1.82, 2.24) is 10.2 Å². The first-order valence-electron chi connectivity index (χ1n) is 9.28. The molecule has 2 heterocycles. The Hall–Kier alpha value is -2.40. The molecule has 1 unspecified atom stereocenters. The standard InChI is InChI=1S/C21H26N2O3/c1-16-7-2-3-8-17(16)19(24)10-11-21(25)22-15-18(20-9-6-14-26-20)23-12-4-5-13-23/h2-3,6-9,14,18H,4-5,10-13,15H2,1H3,(H,22,25). The quantitative estimate of drug-likeness (QED) is 0.737. The smallest absolute Gasteiger partial charge is 0.220 e. The maximum Gasteiger partial charge on any atom is 0.220 e. The Bertz CT molecular complexity index is 733. The SMILES string of the molecule is Cc1ccccc1C(=O)CCC(=O)NCC(c1ccco1)N1CCCC1. The molecule has 1 aliphatic rings. The molecule has 1 aliphatic heterocycles. The number of furan rings is 1. The predicted molar refractivity (Wildman–Crippen MR) is 100 cm³/mol. The van der Waals surface area contributed by atoms with Crippen LogP contribution < -0.4 is 5.32 Å². The van der Waals surface area contributed by atoms with E-state index < -0.39 is 0 Å². The molecule has 138 valence electrons. The molecule has 2 aromatic rings. The highest BCUT2D eigenvalue weighted by Crippen LogP contribution is 2.24. The van der Waals surface area contributed by atoms with Crippen LogP contribution in [-0.4, -0.2) is 36.2 Å². The lowest BCUT2D eigenvalue weighted by Gasteiger charge is -2.26. The number of hydrogen-bond acceptors (Lipinski definition) is 4. The van der Waals surface area contributed by atoms with E-state index in [1.807, 2.05) is 43.3 Å². The van der Waals surface area contributed by atoms with E-state index in [4.69, 9.17) is 4.42 Å². The van der Waals surface area contributed by atoms with Crippen molar-refractivity contribution in [2.75, 3.05) is 19.6 Å². The van der Waals surface area contributed by atoms with Crippen LogP contribution in [0.3, 0.4) is 0 Å². The largest absolute Gasteiger partial charge is 0.468 e. The highest BCUT2D eigenvalue weighted by Gasteiger charge is 2.26. The van der Waals surface area contributed by atoms with E-state index in [2.05, 4.69) is 10.2 Å². The van der Waals surface area contributed by atoms with Crippen molar-refractivity contribution in [2.45, 2.75) is 38.6 Å². The van der Waals surface area contributed by atoms with Gasteiger partial charge in [-0.05, 0) is 50.6 Å². The van der Waals surface area contributed by atoms with E-state index >= 15 is 0 Å². The number of rotatable bonds is 8. The molecule has 0 radical (unpaired) electrons. The van der Waals surface area contributed by atoms with Gasteiger partial charge in [-0.2, -0.15) is 0 Å². The summed E-state index contributed by atoms with van der Waals surface area (Å²) in [7, 11) is 0. The van der Waals surface area contributed by atoms with E-state index in [0.717, 1.165) is 24.4 Å². The van der Waals surface area contributed by atoms with Crippen LogP contribution in [0.25, 0.3) is 0 Å². The Morgan fingerprint density at radius 2 is 1.88 bits per heavy atom. The average Bonchev–Trinajstić information content (AvgIpc) is 3.35. The van der Waals surface area contributed by atoms with Crippen LogP contribution in [0.2, 0.25) is 0 Å². The Labute approximate surface area is 154 Å². The monoisotopic (exact) mass is 354 g/mol. The normalized spacial score (nSPS) is 15.7. The summed E-state index contributed by atoms with van der Waals surface area (Å²) in [6.45, 7) is 4.46. The molecule has 0 saturated carbocycles. The fourth-order valence-corrected chi connectivity index (χ4v) is 3.49. The van der Waals surface area contributed by atoms with Gasteiger partial charge in [0.25, 0.3) is 0 Å². The van der Waals surface area contributed by atoms with Gasteiger partial charge in [-0.1, -0.05) is 24.3 Å². The third kappa shape index (κ3) is 4.61. The summed E-state index contributed by atoms with van der Waals surface area (Å²) in [5.41, 5.74) is 1.65. The van der Waals surface area contributed by atoms with Gasteiger partial charge in [0.05, 0.1) is 12.3 Å². The Morgan fingerprint density at radius 1 is 1.12 bits per heavy atom. The van der Waals surface area contributed by atoms with Gasteiger partial charge in [-0.25, -0.2) is 0 Å². The summed E-state index contributed by atoms with van der Waals surface area (Å²) in [6, 6.07) is 11.4. The van der Waals surface area contributed by atoms with Gasteiger partial charge in [-0.3, -0.25) is 14.5 Å². The number of Topliss-reactive ketones (excluding diaryl/α,β-unsaturated/α-hetero) is 1. The van der Waals surface area contributed by atoms with Crippen LogP contribution in [0.15, 0.2) is 47.1 Å². The maximum atomic E-state index is 12.3. The van der Waals surface area contributed by atoms with E-state index in [0.29, 0.717) is 12.1 Å². The maximum absolute atomic E-state index is 12.3. The molecule has 3 rings (SSSR count). The number of likely N-dealkylation sites (tertiary alicyclic amines) is 1. The molecule has 5 nitrogen and oxygen atoms in total.